The van der Waals surface area contributed by atoms with Crippen LogP contribution in [0, 0.1) is 0 Å². The largest absolute Gasteiger partial charge is 0.310 e. The Morgan fingerprint density at radius 3 is 1.67 bits per heavy atom. The molecule has 0 N–H and O–H groups in total. The number of anilines is 3. The summed E-state index contributed by atoms with van der Waals surface area (Å²) in [4.78, 5) is 2.48. The SMILES string of the molecule is c1ccc(-c2ccc(N(c3ccc4c(c3)C3(c5ccccc5-c5ccccc5-4)c4ccccc4-c4c3ccc3c4sc4ccccc43)c3ccc4c(c3)c3ccccc3n4-c3ccccc3)cc2)cc1. The molecule has 2 aliphatic rings. The Labute approximate surface area is 410 Å². The number of benzene rings is 11. The molecule has 2 aromatic heterocycles. The number of hydrogen-bond donors (Lipinski definition) is 0. The molecular weight excluding hydrogens is 865 g/mol. The van der Waals surface area contributed by atoms with Crippen molar-refractivity contribution in [1.29, 1.82) is 0 Å². The molecule has 2 aliphatic carbocycles. The summed E-state index contributed by atoms with van der Waals surface area (Å²) in [7, 11) is 0. The molecule has 326 valence electrons. The number of thiophene rings is 1. The van der Waals surface area contributed by atoms with Gasteiger partial charge in [-0.25, -0.2) is 0 Å². The predicted octanol–water partition coefficient (Wildman–Crippen LogP) is 18.3. The van der Waals surface area contributed by atoms with Crippen LogP contribution in [0.5, 0.6) is 0 Å². The maximum atomic E-state index is 2.54. The van der Waals surface area contributed by atoms with Crippen molar-refractivity contribution in [3.05, 3.63) is 277 Å². The Hall–Kier alpha value is -8.76. The van der Waals surface area contributed by atoms with Gasteiger partial charge in [-0.05, 0) is 128 Å². The Morgan fingerprint density at radius 1 is 0.329 bits per heavy atom. The Bertz CT molecular complexity index is 4240. The molecule has 0 bridgehead atoms. The molecule has 2 nitrogen and oxygen atoms in total. The van der Waals surface area contributed by atoms with Crippen LogP contribution < -0.4 is 4.90 Å². The third kappa shape index (κ3) is 5.49. The summed E-state index contributed by atoms with van der Waals surface area (Å²) < 4.78 is 5.07. The quantitative estimate of drug-likeness (QED) is 0.167. The molecular formula is C67H42N2S. The van der Waals surface area contributed by atoms with Gasteiger partial charge in [-0.2, -0.15) is 0 Å². The van der Waals surface area contributed by atoms with Crippen LogP contribution in [0.25, 0.3) is 92.2 Å². The van der Waals surface area contributed by atoms with E-state index in [0.29, 0.717) is 0 Å². The van der Waals surface area contributed by atoms with Crippen LogP contribution >= 0.6 is 11.3 Å². The molecule has 0 radical (unpaired) electrons. The second-order valence-corrected chi connectivity index (χ2v) is 19.8. The fourth-order valence-corrected chi connectivity index (χ4v) is 13.6. The highest BCUT2D eigenvalue weighted by atomic mass is 32.1. The molecule has 0 saturated heterocycles. The van der Waals surface area contributed by atoms with Gasteiger partial charge in [-0.3, -0.25) is 0 Å². The molecule has 70 heavy (non-hydrogen) atoms. The summed E-state index contributed by atoms with van der Waals surface area (Å²) in [6, 6.07) is 95.1. The van der Waals surface area contributed by atoms with E-state index < -0.39 is 5.41 Å². The van der Waals surface area contributed by atoms with Crippen LogP contribution in [0.4, 0.5) is 17.1 Å². The minimum Gasteiger partial charge on any atom is -0.310 e. The summed E-state index contributed by atoms with van der Waals surface area (Å²) in [6.45, 7) is 0. The van der Waals surface area contributed by atoms with E-state index in [4.69, 9.17) is 0 Å². The summed E-state index contributed by atoms with van der Waals surface area (Å²) in [5, 5.41) is 5.07. The van der Waals surface area contributed by atoms with Crippen molar-refractivity contribution < 1.29 is 0 Å². The van der Waals surface area contributed by atoms with E-state index in [9.17, 15) is 0 Å². The molecule has 0 saturated carbocycles. The molecule has 13 aromatic rings. The molecule has 2 heterocycles. The van der Waals surface area contributed by atoms with Crippen LogP contribution in [0.1, 0.15) is 22.3 Å². The van der Waals surface area contributed by atoms with Crippen molar-refractivity contribution in [2.75, 3.05) is 4.90 Å². The maximum absolute atomic E-state index is 2.54. The number of rotatable bonds is 5. The fourth-order valence-electron chi connectivity index (χ4n) is 12.3. The Balaban J connectivity index is 1.04. The number of aromatic nitrogens is 1. The van der Waals surface area contributed by atoms with Gasteiger partial charge in [0, 0.05) is 59.3 Å². The first kappa shape index (κ1) is 39.3. The second-order valence-electron chi connectivity index (χ2n) is 18.7. The minimum absolute atomic E-state index is 0.646. The van der Waals surface area contributed by atoms with Crippen molar-refractivity contribution in [2.24, 2.45) is 0 Å². The zero-order valence-corrected chi connectivity index (χ0v) is 38.9. The van der Waals surface area contributed by atoms with Crippen molar-refractivity contribution in [3.63, 3.8) is 0 Å². The van der Waals surface area contributed by atoms with Gasteiger partial charge < -0.3 is 9.47 Å². The molecule has 1 spiro atoms. The van der Waals surface area contributed by atoms with Gasteiger partial charge in [0.1, 0.15) is 0 Å². The fraction of sp³-hybridized carbons (Fsp3) is 0.0149. The smallest absolute Gasteiger partial charge is 0.0726 e. The van der Waals surface area contributed by atoms with E-state index in [-0.39, 0.29) is 0 Å². The lowest BCUT2D eigenvalue weighted by atomic mass is 9.65. The van der Waals surface area contributed by atoms with Crippen LogP contribution in [-0.4, -0.2) is 4.57 Å². The van der Waals surface area contributed by atoms with Crippen molar-refractivity contribution in [1.82, 2.24) is 4.57 Å². The lowest BCUT2D eigenvalue weighted by molar-refractivity contribution is 0.776. The number of nitrogens with zero attached hydrogens (tertiary/aromatic N) is 2. The monoisotopic (exact) mass is 906 g/mol. The zero-order valence-electron chi connectivity index (χ0n) is 38.1. The second kappa shape index (κ2) is 15.1. The van der Waals surface area contributed by atoms with E-state index in [2.05, 4.69) is 264 Å². The molecule has 15 rings (SSSR count). The van der Waals surface area contributed by atoms with Gasteiger partial charge >= 0.3 is 0 Å². The predicted molar refractivity (Wildman–Crippen MR) is 296 cm³/mol. The molecule has 1 atom stereocenters. The normalized spacial score (nSPS) is 14.3. The maximum Gasteiger partial charge on any atom is 0.0726 e. The topological polar surface area (TPSA) is 8.17 Å². The Kier molecular flexibility index (Phi) is 8.48. The molecule has 1 unspecified atom stereocenters. The highest BCUT2D eigenvalue weighted by Gasteiger charge is 2.50. The minimum atomic E-state index is -0.646. The van der Waals surface area contributed by atoms with E-state index in [1.165, 1.54) is 109 Å². The zero-order chi connectivity index (χ0) is 45.9. The van der Waals surface area contributed by atoms with Crippen molar-refractivity contribution in [2.45, 2.75) is 5.41 Å². The van der Waals surface area contributed by atoms with E-state index in [0.717, 1.165) is 22.7 Å². The summed E-state index contributed by atoms with van der Waals surface area (Å²) in [5.74, 6) is 0. The number of fused-ring (bicyclic) bond motifs is 19. The molecule has 0 fully saturated rings. The number of para-hydroxylation sites is 2. The molecule has 0 amide bonds. The van der Waals surface area contributed by atoms with Gasteiger partial charge in [0.15, 0.2) is 0 Å². The van der Waals surface area contributed by atoms with Crippen molar-refractivity contribution in [3.8, 4) is 50.2 Å². The third-order valence-electron chi connectivity index (χ3n) is 15.2. The summed E-state index contributed by atoms with van der Waals surface area (Å²) in [5.41, 5.74) is 21.5. The third-order valence-corrected chi connectivity index (χ3v) is 16.4. The van der Waals surface area contributed by atoms with E-state index >= 15 is 0 Å². The van der Waals surface area contributed by atoms with Crippen molar-refractivity contribution >= 4 is 70.4 Å². The summed E-state index contributed by atoms with van der Waals surface area (Å²) in [6.07, 6.45) is 0. The van der Waals surface area contributed by atoms with Crippen LogP contribution in [-0.2, 0) is 5.41 Å². The lowest BCUT2D eigenvalue weighted by Gasteiger charge is -2.36. The van der Waals surface area contributed by atoms with Gasteiger partial charge in [0.25, 0.3) is 0 Å². The van der Waals surface area contributed by atoms with Crippen LogP contribution in [0.2, 0.25) is 0 Å². The highest BCUT2D eigenvalue weighted by Crippen LogP contribution is 2.64. The molecule has 0 aliphatic heterocycles. The lowest BCUT2D eigenvalue weighted by Crippen LogP contribution is -2.29. The average molecular weight is 907 g/mol. The van der Waals surface area contributed by atoms with Gasteiger partial charge in [-0.1, -0.05) is 188 Å². The summed E-state index contributed by atoms with van der Waals surface area (Å²) >= 11 is 1.93. The van der Waals surface area contributed by atoms with E-state index in [1.54, 1.807) is 0 Å². The standard InChI is InChI=1S/C67H42N2S/c1-3-17-43(18-4-1)44-31-33-46(34-32-44)68(47-36-40-63-57(41-47)53-24-11-15-29-62(53)69(63)45-19-5-2-6-20-45)48-35-37-52-50-22-8-7-21-49(50)51-23-9-13-27-58(51)67(61(52)42-48)59-28-14-10-26-56(59)65-60(67)39-38-55-54-25-12-16-30-64(54)70-66(55)65/h1-42H. The Morgan fingerprint density at radius 2 is 0.886 bits per heavy atom. The molecule has 3 heteroatoms. The van der Waals surface area contributed by atoms with Gasteiger partial charge in [0.05, 0.1) is 16.4 Å². The average Bonchev–Trinajstić information content (AvgIpc) is 4.06. The number of hydrogen-bond acceptors (Lipinski definition) is 2. The first-order valence-corrected chi connectivity index (χ1v) is 25.0. The van der Waals surface area contributed by atoms with E-state index in [1.807, 2.05) is 11.3 Å². The van der Waals surface area contributed by atoms with Gasteiger partial charge in [-0.15, -0.1) is 11.3 Å². The van der Waals surface area contributed by atoms with Gasteiger partial charge in [0.2, 0.25) is 0 Å². The van der Waals surface area contributed by atoms with Crippen LogP contribution in [0.15, 0.2) is 255 Å². The van der Waals surface area contributed by atoms with Crippen LogP contribution in [0.3, 0.4) is 0 Å². The molecule has 11 aromatic carbocycles. The highest BCUT2D eigenvalue weighted by molar-refractivity contribution is 7.26. The first-order valence-electron chi connectivity index (χ1n) is 24.2. The first-order chi connectivity index (χ1) is 34.7.